The lowest BCUT2D eigenvalue weighted by molar-refractivity contribution is -0.107. The molecule has 0 saturated carbocycles. The van der Waals surface area contributed by atoms with E-state index >= 15 is 0 Å². The summed E-state index contributed by atoms with van der Waals surface area (Å²) in [4.78, 5) is 10.2. The monoisotopic (exact) mass is 256 g/mol. The molecule has 0 fully saturated rings. The minimum atomic E-state index is 0.610. The Morgan fingerprint density at radius 1 is 1.50 bits per heavy atom. The summed E-state index contributed by atoms with van der Waals surface area (Å²) in [6.07, 6.45) is 3.32. The van der Waals surface area contributed by atoms with Gasteiger partial charge in [0.2, 0.25) is 0 Å². The number of hydrogen-bond acceptors (Lipinski definition) is 2. The van der Waals surface area contributed by atoms with Gasteiger partial charge in [-0.15, -0.1) is 0 Å². The Bertz CT molecular complexity index is 310. The predicted octanol–water partition coefficient (Wildman–Crippen LogP) is 2.98. The molecular formula is C11H13BrO2. The van der Waals surface area contributed by atoms with Gasteiger partial charge in [-0.1, -0.05) is 22.0 Å². The molecule has 0 aliphatic rings. The van der Waals surface area contributed by atoms with Gasteiger partial charge < -0.3 is 9.53 Å². The van der Waals surface area contributed by atoms with Crippen LogP contribution in [0.15, 0.2) is 22.7 Å². The molecule has 1 aromatic carbocycles. The first-order valence-corrected chi connectivity index (χ1v) is 5.33. The Morgan fingerprint density at radius 3 is 2.93 bits per heavy atom. The fraction of sp³-hybridized carbons (Fsp3) is 0.364. The van der Waals surface area contributed by atoms with E-state index in [1.165, 1.54) is 0 Å². The van der Waals surface area contributed by atoms with Crippen LogP contribution in [0.5, 0.6) is 5.75 Å². The number of hydrogen-bond donors (Lipinski definition) is 0. The second-order valence-corrected chi connectivity index (χ2v) is 3.93. The zero-order valence-electron chi connectivity index (χ0n) is 8.13. The SMILES string of the molecule is COc1cc(Br)ccc1CCCC=O. The van der Waals surface area contributed by atoms with Crippen molar-refractivity contribution in [1.82, 2.24) is 0 Å². The molecule has 0 saturated heterocycles. The van der Waals surface area contributed by atoms with Crippen LogP contribution in [0.3, 0.4) is 0 Å². The number of rotatable bonds is 5. The Morgan fingerprint density at radius 2 is 2.29 bits per heavy atom. The van der Waals surface area contributed by atoms with Crippen molar-refractivity contribution in [3.05, 3.63) is 28.2 Å². The highest BCUT2D eigenvalue weighted by Crippen LogP contribution is 2.24. The van der Waals surface area contributed by atoms with E-state index < -0.39 is 0 Å². The number of carbonyl (C=O) groups excluding carboxylic acids is 1. The first-order chi connectivity index (χ1) is 6.77. The summed E-state index contributed by atoms with van der Waals surface area (Å²) in [5, 5.41) is 0. The number of ether oxygens (including phenoxy) is 1. The summed E-state index contributed by atoms with van der Waals surface area (Å²) in [6.45, 7) is 0. The molecule has 0 spiro atoms. The van der Waals surface area contributed by atoms with Crippen molar-refractivity contribution in [2.75, 3.05) is 7.11 Å². The molecule has 2 nitrogen and oxygen atoms in total. The molecule has 0 unspecified atom stereocenters. The fourth-order valence-electron chi connectivity index (χ4n) is 1.30. The number of benzene rings is 1. The van der Waals surface area contributed by atoms with Gasteiger partial charge in [0.1, 0.15) is 12.0 Å². The number of unbranched alkanes of at least 4 members (excludes halogenated alkanes) is 1. The van der Waals surface area contributed by atoms with E-state index in [1.54, 1.807) is 7.11 Å². The number of carbonyl (C=O) groups is 1. The van der Waals surface area contributed by atoms with Crippen molar-refractivity contribution in [1.29, 1.82) is 0 Å². The van der Waals surface area contributed by atoms with Crippen molar-refractivity contribution < 1.29 is 9.53 Å². The van der Waals surface area contributed by atoms with Crippen LogP contribution in [0, 0.1) is 0 Å². The van der Waals surface area contributed by atoms with Gasteiger partial charge in [-0.3, -0.25) is 0 Å². The van der Waals surface area contributed by atoms with Crippen LogP contribution in [0.1, 0.15) is 18.4 Å². The van der Waals surface area contributed by atoms with Gasteiger partial charge in [0.15, 0.2) is 0 Å². The van der Waals surface area contributed by atoms with Crippen molar-refractivity contribution in [2.24, 2.45) is 0 Å². The number of methoxy groups -OCH3 is 1. The zero-order chi connectivity index (χ0) is 10.4. The second kappa shape index (κ2) is 5.81. The molecule has 0 aliphatic heterocycles. The molecule has 3 heteroatoms. The van der Waals surface area contributed by atoms with Crippen LogP contribution in [-0.4, -0.2) is 13.4 Å². The van der Waals surface area contributed by atoms with Crippen molar-refractivity contribution in [3.63, 3.8) is 0 Å². The van der Waals surface area contributed by atoms with Crippen LogP contribution < -0.4 is 4.74 Å². The quantitative estimate of drug-likeness (QED) is 0.598. The summed E-state index contributed by atoms with van der Waals surface area (Å²) < 4.78 is 6.25. The average Bonchev–Trinajstić information content (AvgIpc) is 2.20. The topological polar surface area (TPSA) is 26.3 Å². The Hall–Kier alpha value is -0.830. The van der Waals surface area contributed by atoms with E-state index in [0.29, 0.717) is 6.42 Å². The molecule has 0 radical (unpaired) electrons. The second-order valence-electron chi connectivity index (χ2n) is 3.02. The standard InChI is InChI=1S/C11H13BrO2/c1-14-11-8-10(12)6-5-9(11)4-2-3-7-13/h5-8H,2-4H2,1H3. The van der Waals surface area contributed by atoms with Crippen molar-refractivity contribution in [3.8, 4) is 5.75 Å². The molecule has 0 N–H and O–H groups in total. The predicted molar refractivity (Wildman–Crippen MR) is 59.7 cm³/mol. The van der Waals surface area contributed by atoms with Gasteiger partial charge in [0.25, 0.3) is 0 Å². The molecule has 0 atom stereocenters. The first-order valence-electron chi connectivity index (χ1n) is 4.54. The maximum Gasteiger partial charge on any atom is 0.123 e. The zero-order valence-corrected chi connectivity index (χ0v) is 9.71. The van der Waals surface area contributed by atoms with Crippen LogP contribution in [0.25, 0.3) is 0 Å². The molecule has 0 amide bonds. The normalized spacial score (nSPS) is 9.86. The molecule has 0 bridgehead atoms. The minimum Gasteiger partial charge on any atom is -0.496 e. The summed E-state index contributed by atoms with van der Waals surface area (Å²) >= 11 is 3.38. The Balaban J connectivity index is 2.69. The fourth-order valence-corrected chi connectivity index (χ4v) is 1.64. The maximum atomic E-state index is 10.2. The molecule has 0 aromatic heterocycles. The van der Waals surface area contributed by atoms with E-state index in [2.05, 4.69) is 15.9 Å². The van der Waals surface area contributed by atoms with E-state index in [4.69, 9.17) is 4.74 Å². The van der Waals surface area contributed by atoms with Crippen molar-refractivity contribution in [2.45, 2.75) is 19.3 Å². The van der Waals surface area contributed by atoms with Gasteiger partial charge >= 0.3 is 0 Å². The van der Waals surface area contributed by atoms with Gasteiger partial charge in [-0.25, -0.2) is 0 Å². The molecule has 1 aromatic rings. The van der Waals surface area contributed by atoms with Crippen LogP contribution in [-0.2, 0) is 11.2 Å². The van der Waals surface area contributed by atoms with Crippen molar-refractivity contribution >= 4 is 22.2 Å². The molecule has 0 aliphatic carbocycles. The van der Waals surface area contributed by atoms with Gasteiger partial charge in [0, 0.05) is 10.9 Å². The lowest BCUT2D eigenvalue weighted by atomic mass is 10.1. The molecule has 76 valence electrons. The smallest absolute Gasteiger partial charge is 0.123 e. The van der Waals surface area contributed by atoms with Crippen LogP contribution in [0.4, 0.5) is 0 Å². The average molecular weight is 257 g/mol. The van der Waals surface area contributed by atoms with Gasteiger partial charge in [0.05, 0.1) is 7.11 Å². The third-order valence-electron chi connectivity index (χ3n) is 2.02. The molecule has 0 heterocycles. The van der Waals surface area contributed by atoms with E-state index in [-0.39, 0.29) is 0 Å². The molecule has 14 heavy (non-hydrogen) atoms. The number of aldehydes is 1. The maximum absolute atomic E-state index is 10.2. The minimum absolute atomic E-state index is 0.610. The lowest BCUT2D eigenvalue weighted by Crippen LogP contribution is -1.92. The van der Waals surface area contributed by atoms with Gasteiger partial charge in [-0.2, -0.15) is 0 Å². The van der Waals surface area contributed by atoms with E-state index in [1.807, 2.05) is 18.2 Å². The highest BCUT2D eigenvalue weighted by atomic mass is 79.9. The Labute approximate surface area is 92.4 Å². The number of aryl methyl sites for hydroxylation is 1. The molecular weight excluding hydrogens is 244 g/mol. The van der Waals surface area contributed by atoms with E-state index in [0.717, 1.165) is 34.9 Å². The lowest BCUT2D eigenvalue weighted by Gasteiger charge is -2.07. The summed E-state index contributed by atoms with van der Waals surface area (Å²) in [5.74, 6) is 0.880. The van der Waals surface area contributed by atoms with Crippen LogP contribution >= 0.6 is 15.9 Å². The third-order valence-corrected chi connectivity index (χ3v) is 2.51. The summed E-state index contributed by atoms with van der Waals surface area (Å²) in [6, 6.07) is 5.95. The molecule has 1 rings (SSSR count). The first kappa shape index (κ1) is 11.2. The largest absolute Gasteiger partial charge is 0.496 e. The van der Waals surface area contributed by atoms with Gasteiger partial charge in [-0.05, 0) is 30.5 Å². The number of halogens is 1. The highest BCUT2D eigenvalue weighted by Gasteiger charge is 2.02. The van der Waals surface area contributed by atoms with Crippen LogP contribution in [0.2, 0.25) is 0 Å². The third kappa shape index (κ3) is 3.14. The van der Waals surface area contributed by atoms with E-state index in [9.17, 15) is 4.79 Å². The highest BCUT2D eigenvalue weighted by molar-refractivity contribution is 9.10. The Kier molecular flexibility index (Phi) is 4.66. The summed E-state index contributed by atoms with van der Waals surface area (Å²) in [7, 11) is 1.66. The summed E-state index contributed by atoms with van der Waals surface area (Å²) in [5.41, 5.74) is 1.15.